The summed E-state index contributed by atoms with van der Waals surface area (Å²) in [6.07, 6.45) is 13.2. The lowest BCUT2D eigenvalue weighted by atomic mass is 9.68. The van der Waals surface area contributed by atoms with Gasteiger partial charge in [0, 0.05) is 5.56 Å². The molecule has 0 aromatic carbocycles. The minimum absolute atomic E-state index is 0.253. The minimum Gasteiger partial charge on any atom is -0.208 e. The summed E-state index contributed by atoms with van der Waals surface area (Å²) in [4.78, 5) is 3.78. The molecular formula is C20H29ClFN. The third-order valence-electron chi connectivity index (χ3n) is 6.31. The first kappa shape index (κ1) is 17.2. The van der Waals surface area contributed by atoms with Crippen molar-refractivity contribution in [3.63, 3.8) is 0 Å². The predicted molar refractivity (Wildman–Crippen MR) is 94.3 cm³/mol. The van der Waals surface area contributed by atoms with E-state index in [1.54, 1.807) is 6.07 Å². The van der Waals surface area contributed by atoms with Crippen molar-refractivity contribution in [1.29, 1.82) is 0 Å². The van der Waals surface area contributed by atoms with Gasteiger partial charge in [-0.25, -0.2) is 4.98 Å². The van der Waals surface area contributed by atoms with Crippen molar-refractivity contribution in [2.24, 2.45) is 17.8 Å². The van der Waals surface area contributed by atoms with Crippen LogP contribution >= 0.6 is 11.6 Å². The molecule has 0 N–H and O–H groups in total. The average molecular weight is 338 g/mol. The predicted octanol–water partition coefficient (Wildman–Crippen LogP) is 6.75. The highest BCUT2D eigenvalue weighted by Gasteiger charge is 2.31. The van der Waals surface area contributed by atoms with Gasteiger partial charge in [-0.3, -0.25) is 0 Å². The Hall–Kier alpha value is -0.630. The van der Waals surface area contributed by atoms with Crippen LogP contribution in [0.2, 0.25) is 5.15 Å². The molecule has 1 aromatic heterocycles. The van der Waals surface area contributed by atoms with E-state index in [1.165, 1.54) is 51.4 Å². The van der Waals surface area contributed by atoms with Crippen LogP contribution < -0.4 is 0 Å². The highest BCUT2D eigenvalue weighted by atomic mass is 35.5. The number of nitrogens with zero attached hydrogens (tertiary/aromatic N) is 1. The Kier molecular flexibility index (Phi) is 5.96. The molecule has 0 aliphatic heterocycles. The maximum Gasteiger partial charge on any atom is 0.217 e. The standard InChI is InChI=1S/C20H29ClFN/c1-2-3-14-4-6-15(7-5-14)16-8-10-17(11-9-16)18-12-13-19(21)23-20(18)22/h12-17H,2-11H2,1H3/t14-,15-,16-,17-. The van der Waals surface area contributed by atoms with E-state index in [0.29, 0.717) is 5.92 Å². The fourth-order valence-corrected chi connectivity index (χ4v) is 5.12. The van der Waals surface area contributed by atoms with E-state index >= 15 is 0 Å². The van der Waals surface area contributed by atoms with Gasteiger partial charge in [0.05, 0.1) is 0 Å². The number of rotatable bonds is 4. The first-order valence-electron chi connectivity index (χ1n) is 9.49. The summed E-state index contributed by atoms with van der Waals surface area (Å²) >= 11 is 5.76. The molecule has 2 aliphatic rings. The molecular weight excluding hydrogens is 309 g/mol. The molecule has 0 bridgehead atoms. The van der Waals surface area contributed by atoms with E-state index in [2.05, 4.69) is 11.9 Å². The van der Waals surface area contributed by atoms with Gasteiger partial charge in [0.15, 0.2) is 0 Å². The Morgan fingerprint density at radius 2 is 1.61 bits per heavy atom. The molecule has 1 aromatic rings. The van der Waals surface area contributed by atoms with Crippen LogP contribution in [0.15, 0.2) is 12.1 Å². The second kappa shape index (κ2) is 7.96. The van der Waals surface area contributed by atoms with E-state index in [9.17, 15) is 4.39 Å². The highest BCUT2D eigenvalue weighted by molar-refractivity contribution is 6.29. The van der Waals surface area contributed by atoms with Crippen molar-refractivity contribution >= 4 is 11.6 Å². The number of hydrogen-bond acceptors (Lipinski definition) is 1. The molecule has 1 nitrogen and oxygen atoms in total. The topological polar surface area (TPSA) is 12.9 Å². The second-order valence-electron chi connectivity index (χ2n) is 7.70. The largest absolute Gasteiger partial charge is 0.217 e. The van der Waals surface area contributed by atoms with Crippen LogP contribution in [-0.4, -0.2) is 4.98 Å². The second-order valence-corrected chi connectivity index (χ2v) is 8.08. The van der Waals surface area contributed by atoms with Crippen LogP contribution in [0.3, 0.4) is 0 Å². The number of hydrogen-bond donors (Lipinski definition) is 0. The zero-order valence-electron chi connectivity index (χ0n) is 14.2. The SMILES string of the molecule is CCC[C@H]1CC[C@H]([C@H]2CC[C@H](c3ccc(Cl)nc3F)CC2)CC1. The fourth-order valence-electron chi connectivity index (χ4n) is 4.99. The number of aromatic nitrogens is 1. The molecule has 0 unspecified atom stereocenters. The summed E-state index contributed by atoms with van der Waals surface area (Å²) < 4.78 is 14.0. The molecule has 2 fully saturated rings. The molecule has 23 heavy (non-hydrogen) atoms. The number of pyridine rings is 1. The van der Waals surface area contributed by atoms with Crippen LogP contribution in [0, 0.1) is 23.7 Å². The number of halogens is 2. The summed E-state index contributed by atoms with van der Waals surface area (Å²) in [7, 11) is 0. The molecule has 0 atom stereocenters. The van der Waals surface area contributed by atoms with Crippen LogP contribution in [0.1, 0.15) is 82.6 Å². The van der Waals surface area contributed by atoms with E-state index in [4.69, 9.17) is 11.6 Å². The monoisotopic (exact) mass is 337 g/mol. The van der Waals surface area contributed by atoms with Crippen molar-refractivity contribution in [3.8, 4) is 0 Å². The zero-order chi connectivity index (χ0) is 16.2. The molecule has 3 heteroatoms. The quantitative estimate of drug-likeness (QED) is 0.553. The van der Waals surface area contributed by atoms with Gasteiger partial charge in [-0.05, 0) is 68.3 Å². The minimum atomic E-state index is -0.360. The summed E-state index contributed by atoms with van der Waals surface area (Å²) in [6, 6.07) is 3.56. The molecule has 0 radical (unpaired) electrons. The zero-order valence-corrected chi connectivity index (χ0v) is 15.0. The van der Waals surface area contributed by atoms with E-state index in [-0.39, 0.29) is 11.1 Å². The maximum absolute atomic E-state index is 14.0. The average Bonchev–Trinajstić information content (AvgIpc) is 2.56. The third kappa shape index (κ3) is 4.26. The summed E-state index contributed by atoms with van der Waals surface area (Å²) in [6.45, 7) is 2.30. The third-order valence-corrected chi connectivity index (χ3v) is 6.52. The van der Waals surface area contributed by atoms with E-state index in [0.717, 1.165) is 36.2 Å². The Labute approximate surface area is 145 Å². The Morgan fingerprint density at radius 3 is 2.17 bits per heavy atom. The van der Waals surface area contributed by atoms with E-state index < -0.39 is 0 Å². The van der Waals surface area contributed by atoms with Crippen molar-refractivity contribution in [1.82, 2.24) is 4.98 Å². The van der Waals surface area contributed by atoms with Gasteiger partial charge in [-0.1, -0.05) is 50.3 Å². The van der Waals surface area contributed by atoms with Crippen molar-refractivity contribution in [3.05, 3.63) is 28.8 Å². The fraction of sp³-hybridized carbons (Fsp3) is 0.750. The molecule has 3 rings (SSSR count). The smallest absolute Gasteiger partial charge is 0.208 e. The van der Waals surface area contributed by atoms with Gasteiger partial charge in [0.1, 0.15) is 5.15 Å². The molecule has 0 spiro atoms. The van der Waals surface area contributed by atoms with Crippen molar-refractivity contribution in [2.75, 3.05) is 0 Å². The first-order valence-corrected chi connectivity index (χ1v) is 9.87. The van der Waals surface area contributed by atoms with Gasteiger partial charge in [-0.2, -0.15) is 4.39 Å². The summed E-state index contributed by atoms with van der Waals surface area (Å²) in [5, 5.41) is 0.253. The lowest BCUT2D eigenvalue weighted by Crippen LogP contribution is -2.25. The van der Waals surface area contributed by atoms with Crippen LogP contribution in [0.4, 0.5) is 4.39 Å². The molecule has 0 amide bonds. The van der Waals surface area contributed by atoms with Crippen molar-refractivity contribution in [2.45, 2.75) is 77.0 Å². The molecule has 2 saturated carbocycles. The highest BCUT2D eigenvalue weighted by Crippen LogP contribution is 2.44. The Balaban J connectivity index is 1.51. The summed E-state index contributed by atoms with van der Waals surface area (Å²) in [5.41, 5.74) is 0.777. The van der Waals surface area contributed by atoms with Gasteiger partial charge in [0.25, 0.3) is 0 Å². The molecule has 0 saturated heterocycles. The van der Waals surface area contributed by atoms with Crippen LogP contribution in [-0.2, 0) is 0 Å². The molecule has 2 aliphatic carbocycles. The molecule has 1 heterocycles. The first-order chi connectivity index (χ1) is 11.2. The van der Waals surface area contributed by atoms with Gasteiger partial charge in [-0.15, -0.1) is 0 Å². The molecule has 128 valence electrons. The van der Waals surface area contributed by atoms with E-state index in [1.807, 2.05) is 6.07 Å². The Bertz CT molecular complexity index is 502. The maximum atomic E-state index is 14.0. The van der Waals surface area contributed by atoms with Crippen LogP contribution in [0.5, 0.6) is 0 Å². The lowest BCUT2D eigenvalue weighted by molar-refractivity contribution is 0.156. The van der Waals surface area contributed by atoms with Gasteiger partial charge >= 0.3 is 0 Å². The van der Waals surface area contributed by atoms with Crippen molar-refractivity contribution < 1.29 is 4.39 Å². The summed E-state index contributed by atoms with van der Waals surface area (Å²) in [5.74, 6) is 2.77. The van der Waals surface area contributed by atoms with Gasteiger partial charge in [0.2, 0.25) is 5.95 Å². The Morgan fingerprint density at radius 1 is 1.00 bits per heavy atom. The van der Waals surface area contributed by atoms with Gasteiger partial charge < -0.3 is 0 Å². The normalized spacial score (nSPS) is 32.0. The lowest BCUT2D eigenvalue weighted by Gasteiger charge is -2.38. The van der Waals surface area contributed by atoms with Crippen LogP contribution in [0.25, 0.3) is 0 Å².